The van der Waals surface area contributed by atoms with Gasteiger partial charge in [-0.3, -0.25) is 0 Å². The summed E-state index contributed by atoms with van der Waals surface area (Å²) in [7, 11) is 0. The SMILES string of the molecule is CC(=CC=N)C(=O)O. The van der Waals surface area contributed by atoms with Crippen LogP contribution in [-0.2, 0) is 4.79 Å². The van der Waals surface area contributed by atoms with E-state index in [1.807, 2.05) is 0 Å². The van der Waals surface area contributed by atoms with Gasteiger partial charge in [-0.1, -0.05) is 0 Å². The Bertz CT molecular complexity index is 137. The smallest absolute Gasteiger partial charge is 0.331 e. The zero-order valence-electron chi connectivity index (χ0n) is 4.51. The van der Waals surface area contributed by atoms with Crippen LogP contribution in [0.2, 0.25) is 0 Å². The minimum Gasteiger partial charge on any atom is -0.478 e. The van der Waals surface area contributed by atoms with Crippen molar-refractivity contribution in [3.63, 3.8) is 0 Å². The molecule has 0 aromatic rings. The first kappa shape index (κ1) is 6.88. The van der Waals surface area contributed by atoms with Crippen molar-refractivity contribution in [1.82, 2.24) is 0 Å². The van der Waals surface area contributed by atoms with Gasteiger partial charge in [0.15, 0.2) is 0 Å². The molecule has 0 heterocycles. The third kappa shape index (κ3) is 2.12. The third-order valence-electron chi connectivity index (χ3n) is 0.671. The Hall–Kier alpha value is -1.12. The molecule has 2 N–H and O–H groups in total. The highest BCUT2D eigenvalue weighted by atomic mass is 16.4. The summed E-state index contributed by atoms with van der Waals surface area (Å²) < 4.78 is 0. The number of rotatable bonds is 2. The molecule has 0 saturated heterocycles. The summed E-state index contributed by atoms with van der Waals surface area (Å²) in [4.78, 5) is 9.92. The number of aliphatic carboxylic acids is 1. The van der Waals surface area contributed by atoms with E-state index in [0.29, 0.717) is 0 Å². The van der Waals surface area contributed by atoms with Crippen molar-refractivity contribution >= 4 is 12.2 Å². The van der Waals surface area contributed by atoms with Crippen molar-refractivity contribution in [1.29, 1.82) is 5.41 Å². The number of nitrogens with one attached hydrogen (secondary N) is 1. The molecule has 8 heavy (non-hydrogen) atoms. The van der Waals surface area contributed by atoms with E-state index in [1.54, 1.807) is 0 Å². The van der Waals surface area contributed by atoms with Gasteiger partial charge in [-0.15, -0.1) is 0 Å². The minimum absolute atomic E-state index is 0.181. The van der Waals surface area contributed by atoms with Gasteiger partial charge in [-0.25, -0.2) is 4.79 Å². The van der Waals surface area contributed by atoms with E-state index in [0.717, 1.165) is 6.21 Å². The number of hydrogen-bond donors (Lipinski definition) is 2. The van der Waals surface area contributed by atoms with Crippen LogP contribution in [0.5, 0.6) is 0 Å². The van der Waals surface area contributed by atoms with Crippen molar-refractivity contribution in [2.45, 2.75) is 6.92 Å². The van der Waals surface area contributed by atoms with Gasteiger partial charge in [0.25, 0.3) is 0 Å². The quantitative estimate of drug-likeness (QED) is 0.408. The van der Waals surface area contributed by atoms with Crippen LogP contribution < -0.4 is 0 Å². The molecule has 0 saturated carbocycles. The fourth-order valence-corrected chi connectivity index (χ4v) is 0.196. The van der Waals surface area contributed by atoms with E-state index in [9.17, 15) is 4.79 Å². The van der Waals surface area contributed by atoms with Crippen molar-refractivity contribution < 1.29 is 9.90 Å². The van der Waals surface area contributed by atoms with Gasteiger partial charge >= 0.3 is 5.97 Å². The van der Waals surface area contributed by atoms with Crippen LogP contribution in [0.15, 0.2) is 11.6 Å². The second-order valence-electron chi connectivity index (χ2n) is 1.32. The van der Waals surface area contributed by atoms with Crippen LogP contribution >= 0.6 is 0 Å². The molecule has 44 valence electrons. The first-order valence-electron chi connectivity index (χ1n) is 2.09. The molecule has 0 radical (unpaired) electrons. The molecular formula is C5H7NO2. The molecule has 0 aromatic carbocycles. The van der Waals surface area contributed by atoms with E-state index in [1.165, 1.54) is 13.0 Å². The summed E-state index contributed by atoms with van der Waals surface area (Å²) in [6, 6.07) is 0. The number of carbonyl (C=O) groups is 1. The molecule has 0 rings (SSSR count). The van der Waals surface area contributed by atoms with Gasteiger partial charge in [0.05, 0.1) is 0 Å². The predicted molar refractivity (Wildman–Crippen MR) is 30.2 cm³/mol. The fourth-order valence-electron chi connectivity index (χ4n) is 0.196. The maximum Gasteiger partial charge on any atom is 0.331 e. The molecule has 0 aromatic heterocycles. The molecule has 0 atom stereocenters. The molecule has 0 spiro atoms. The predicted octanol–water partition coefficient (Wildman–Crippen LogP) is 0.667. The molecule has 0 unspecified atom stereocenters. The van der Waals surface area contributed by atoms with Crippen molar-refractivity contribution in [3.8, 4) is 0 Å². The van der Waals surface area contributed by atoms with Crippen LogP contribution in [0.4, 0.5) is 0 Å². The molecule has 0 fully saturated rings. The largest absolute Gasteiger partial charge is 0.478 e. The van der Waals surface area contributed by atoms with Gasteiger partial charge < -0.3 is 10.5 Å². The Morgan fingerprint density at radius 1 is 1.75 bits per heavy atom. The summed E-state index contributed by atoms with van der Waals surface area (Å²) in [6.45, 7) is 1.44. The van der Waals surface area contributed by atoms with E-state index in [4.69, 9.17) is 10.5 Å². The highest BCUT2D eigenvalue weighted by Gasteiger charge is 1.94. The Labute approximate surface area is 47.2 Å². The average molecular weight is 113 g/mol. The fraction of sp³-hybridized carbons (Fsp3) is 0.200. The molecule has 3 nitrogen and oxygen atoms in total. The second kappa shape index (κ2) is 2.96. The minimum atomic E-state index is -0.978. The summed E-state index contributed by atoms with van der Waals surface area (Å²) in [5.74, 6) is -0.978. The van der Waals surface area contributed by atoms with Crippen molar-refractivity contribution in [2.75, 3.05) is 0 Å². The van der Waals surface area contributed by atoms with Crippen molar-refractivity contribution in [3.05, 3.63) is 11.6 Å². The number of hydrogen-bond acceptors (Lipinski definition) is 2. The van der Waals surface area contributed by atoms with Crippen LogP contribution in [-0.4, -0.2) is 17.3 Å². The first-order valence-corrected chi connectivity index (χ1v) is 2.09. The standard InChI is InChI=1S/C5H7NO2/c1-4(2-3-6)5(7)8/h2-3,6H,1H3,(H,7,8). The second-order valence-corrected chi connectivity index (χ2v) is 1.32. The third-order valence-corrected chi connectivity index (χ3v) is 0.671. The number of carboxylic acid groups (broad SMARTS) is 1. The lowest BCUT2D eigenvalue weighted by Crippen LogP contribution is -1.95. The molecule has 0 aliphatic heterocycles. The normalized spacial score (nSPS) is 10.9. The monoisotopic (exact) mass is 113 g/mol. The Morgan fingerprint density at radius 2 is 2.25 bits per heavy atom. The summed E-state index contributed by atoms with van der Waals surface area (Å²) in [5.41, 5.74) is 0.181. The van der Waals surface area contributed by atoms with E-state index in [2.05, 4.69) is 0 Å². The van der Waals surface area contributed by atoms with E-state index >= 15 is 0 Å². The molecule has 0 amide bonds. The first-order chi connectivity index (χ1) is 3.68. The Kier molecular flexibility index (Phi) is 2.54. The lowest BCUT2D eigenvalue weighted by atomic mass is 10.3. The van der Waals surface area contributed by atoms with Crippen LogP contribution in [0.25, 0.3) is 0 Å². The zero-order valence-corrected chi connectivity index (χ0v) is 4.51. The van der Waals surface area contributed by atoms with Crippen LogP contribution in [0.3, 0.4) is 0 Å². The Morgan fingerprint density at radius 3 is 2.38 bits per heavy atom. The number of carboxylic acids is 1. The maximum absolute atomic E-state index is 9.92. The highest BCUT2D eigenvalue weighted by molar-refractivity contribution is 5.90. The van der Waals surface area contributed by atoms with Gasteiger partial charge in [0.2, 0.25) is 0 Å². The van der Waals surface area contributed by atoms with E-state index in [-0.39, 0.29) is 5.57 Å². The average Bonchev–Trinajstić information content (AvgIpc) is 1.67. The Balaban J connectivity index is 3.99. The van der Waals surface area contributed by atoms with E-state index < -0.39 is 5.97 Å². The summed E-state index contributed by atoms with van der Waals surface area (Å²) >= 11 is 0. The lowest BCUT2D eigenvalue weighted by molar-refractivity contribution is -0.132. The van der Waals surface area contributed by atoms with Crippen molar-refractivity contribution in [2.24, 2.45) is 0 Å². The van der Waals surface area contributed by atoms with Gasteiger partial charge in [-0.2, -0.15) is 0 Å². The molecular weight excluding hydrogens is 106 g/mol. The van der Waals surface area contributed by atoms with Gasteiger partial charge in [-0.05, 0) is 13.0 Å². The van der Waals surface area contributed by atoms with Gasteiger partial charge in [0, 0.05) is 11.8 Å². The molecule has 3 heteroatoms. The molecule has 0 aliphatic carbocycles. The number of allylic oxidation sites excluding steroid dienone is 1. The van der Waals surface area contributed by atoms with Crippen LogP contribution in [0, 0.1) is 5.41 Å². The maximum atomic E-state index is 9.92. The highest BCUT2D eigenvalue weighted by Crippen LogP contribution is 1.87. The van der Waals surface area contributed by atoms with Crippen LogP contribution in [0.1, 0.15) is 6.92 Å². The summed E-state index contributed by atoms with van der Waals surface area (Å²) in [5, 5.41) is 14.6. The molecule has 0 aliphatic rings. The lowest BCUT2D eigenvalue weighted by Gasteiger charge is -1.84. The molecule has 0 bridgehead atoms. The zero-order chi connectivity index (χ0) is 6.57. The topological polar surface area (TPSA) is 61.2 Å². The van der Waals surface area contributed by atoms with Gasteiger partial charge in [0.1, 0.15) is 0 Å². The summed E-state index contributed by atoms with van der Waals surface area (Å²) in [6.07, 6.45) is 2.17.